The smallest absolute Gasteiger partial charge is 0.308 e. The summed E-state index contributed by atoms with van der Waals surface area (Å²) in [6, 6.07) is 7.66. The van der Waals surface area contributed by atoms with E-state index in [1.807, 2.05) is 31.2 Å². The van der Waals surface area contributed by atoms with Crippen LogP contribution in [0.15, 0.2) is 24.3 Å². The molecular formula is C16H21NO4. The van der Waals surface area contributed by atoms with Crippen LogP contribution in [0.25, 0.3) is 0 Å². The molecule has 1 N–H and O–H groups in total. The Morgan fingerprint density at radius 1 is 1.43 bits per heavy atom. The van der Waals surface area contributed by atoms with E-state index in [0.29, 0.717) is 25.9 Å². The van der Waals surface area contributed by atoms with E-state index in [9.17, 15) is 9.59 Å². The van der Waals surface area contributed by atoms with Gasteiger partial charge in [-0.1, -0.05) is 25.1 Å². The monoisotopic (exact) mass is 291 g/mol. The van der Waals surface area contributed by atoms with Crippen LogP contribution in [0.2, 0.25) is 0 Å². The number of rotatable bonds is 5. The summed E-state index contributed by atoms with van der Waals surface area (Å²) in [5, 5.41) is 8.99. The van der Waals surface area contributed by atoms with Crippen LogP contribution in [0, 0.1) is 5.92 Å². The zero-order valence-electron chi connectivity index (χ0n) is 12.4. The Bertz CT molecular complexity index is 529. The number of hydrogen-bond acceptors (Lipinski definition) is 3. The second-order valence-electron chi connectivity index (χ2n) is 5.51. The molecule has 1 fully saturated rings. The highest BCUT2D eigenvalue weighted by Gasteiger charge is 2.31. The van der Waals surface area contributed by atoms with Gasteiger partial charge in [0.1, 0.15) is 5.75 Å². The second-order valence-corrected chi connectivity index (χ2v) is 5.51. The Kier molecular flexibility index (Phi) is 4.83. The minimum Gasteiger partial charge on any atom is -0.496 e. The molecule has 1 saturated heterocycles. The maximum Gasteiger partial charge on any atom is 0.308 e. The molecule has 114 valence electrons. The highest BCUT2D eigenvalue weighted by Crippen LogP contribution is 2.29. The first kappa shape index (κ1) is 15.4. The molecule has 1 aromatic carbocycles. The third-order valence-electron chi connectivity index (χ3n) is 4.04. The van der Waals surface area contributed by atoms with Crippen molar-refractivity contribution in [2.45, 2.75) is 25.7 Å². The third-order valence-corrected chi connectivity index (χ3v) is 4.04. The number of amides is 1. The number of methoxy groups -OCH3 is 1. The molecule has 1 aliphatic rings. The largest absolute Gasteiger partial charge is 0.496 e. The summed E-state index contributed by atoms with van der Waals surface area (Å²) in [7, 11) is 1.62. The van der Waals surface area contributed by atoms with Gasteiger partial charge in [-0.2, -0.15) is 0 Å². The van der Waals surface area contributed by atoms with Crippen LogP contribution in [0.5, 0.6) is 5.75 Å². The summed E-state index contributed by atoms with van der Waals surface area (Å²) in [5.41, 5.74) is 1.00. The van der Waals surface area contributed by atoms with Crippen molar-refractivity contribution in [3.63, 3.8) is 0 Å². The van der Waals surface area contributed by atoms with E-state index in [-0.39, 0.29) is 11.8 Å². The molecule has 1 heterocycles. The van der Waals surface area contributed by atoms with E-state index in [2.05, 4.69) is 0 Å². The fourth-order valence-electron chi connectivity index (χ4n) is 2.76. The van der Waals surface area contributed by atoms with Gasteiger partial charge in [0.2, 0.25) is 5.91 Å². The molecular weight excluding hydrogens is 270 g/mol. The van der Waals surface area contributed by atoms with Gasteiger partial charge < -0.3 is 14.7 Å². The van der Waals surface area contributed by atoms with Crippen molar-refractivity contribution in [3.05, 3.63) is 29.8 Å². The topological polar surface area (TPSA) is 66.8 Å². The molecule has 2 unspecified atom stereocenters. The molecule has 0 radical (unpaired) electrons. The Hall–Kier alpha value is -2.04. The van der Waals surface area contributed by atoms with Crippen LogP contribution in [-0.2, 0) is 9.59 Å². The first-order chi connectivity index (χ1) is 10.0. The number of benzene rings is 1. The molecule has 0 saturated carbocycles. The lowest BCUT2D eigenvalue weighted by Crippen LogP contribution is -2.30. The van der Waals surface area contributed by atoms with Gasteiger partial charge in [-0.25, -0.2) is 0 Å². The van der Waals surface area contributed by atoms with Crippen molar-refractivity contribution in [1.29, 1.82) is 0 Å². The van der Waals surface area contributed by atoms with Crippen LogP contribution in [-0.4, -0.2) is 42.1 Å². The standard InChI is InChI=1S/C16H21NO4/c1-11(13-5-3-4-6-14(13)21-2)9-15(18)17-8-7-12(10-17)16(19)20/h3-6,11-12H,7-10H2,1-2H3,(H,19,20). The van der Waals surface area contributed by atoms with Crippen molar-refractivity contribution < 1.29 is 19.4 Å². The van der Waals surface area contributed by atoms with Gasteiger partial charge >= 0.3 is 5.97 Å². The zero-order chi connectivity index (χ0) is 15.4. The van der Waals surface area contributed by atoms with Crippen LogP contribution < -0.4 is 4.74 Å². The molecule has 2 atom stereocenters. The number of carboxylic acid groups (broad SMARTS) is 1. The molecule has 1 amide bonds. The molecule has 0 aromatic heterocycles. The fraction of sp³-hybridized carbons (Fsp3) is 0.500. The molecule has 0 bridgehead atoms. The minimum absolute atomic E-state index is 0.0113. The van der Waals surface area contributed by atoms with Crippen molar-refractivity contribution in [2.75, 3.05) is 20.2 Å². The first-order valence-electron chi connectivity index (χ1n) is 7.16. The molecule has 1 aromatic rings. The zero-order valence-corrected chi connectivity index (χ0v) is 12.4. The fourth-order valence-corrected chi connectivity index (χ4v) is 2.76. The average molecular weight is 291 g/mol. The van der Waals surface area contributed by atoms with Gasteiger partial charge in [-0.05, 0) is 24.0 Å². The highest BCUT2D eigenvalue weighted by molar-refractivity contribution is 5.79. The quantitative estimate of drug-likeness (QED) is 0.902. The minimum atomic E-state index is -0.817. The third kappa shape index (κ3) is 3.54. The van der Waals surface area contributed by atoms with Crippen LogP contribution in [0.4, 0.5) is 0 Å². The predicted octanol–water partition coefficient (Wildman–Crippen LogP) is 2.12. The van der Waals surface area contributed by atoms with E-state index in [4.69, 9.17) is 9.84 Å². The average Bonchev–Trinajstić information content (AvgIpc) is 2.97. The molecule has 1 aliphatic heterocycles. The highest BCUT2D eigenvalue weighted by atomic mass is 16.5. The summed E-state index contributed by atoms with van der Waals surface area (Å²) in [6.07, 6.45) is 0.914. The molecule has 2 rings (SSSR count). The van der Waals surface area contributed by atoms with Crippen molar-refractivity contribution in [3.8, 4) is 5.75 Å². The lowest BCUT2D eigenvalue weighted by atomic mass is 9.96. The molecule has 5 heteroatoms. The van der Waals surface area contributed by atoms with Gasteiger partial charge in [0.05, 0.1) is 13.0 Å². The maximum atomic E-state index is 12.3. The van der Waals surface area contributed by atoms with Crippen LogP contribution in [0.1, 0.15) is 31.2 Å². The number of likely N-dealkylation sites (tertiary alicyclic amines) is 1. The number of carbonyl (C=O) groups is 2. The Morgan fingerprint density at radius 3 is 2.76 bits per heavy atom. The number of hydrogen-bond donors (Lipinski definition) is 1. The first-order valence-corrected chi connectivity index (χ1v) is 7.16. The number of ether oxygens (including phenoxy) is 1. The van der Waals surface area contributed by atoms with E-state index < -0.39 is 11.9 Å². The van der Waals surface area contributed by atoms with Gasteiger partial charge in [0.15, 0.2) is 0 Å². The summed E-state index contributed by atoms with van der Waals surface area (Å²) < 4.78 is 5.32. The van der Waals surface area contributed by atoms with Crippen molar-refractivity contribution in [2.24, 2.45) is 5.92 Å². The SMILES string of the molecule is COc1ccccc1C(C)CC(=O)N1CCC(C(=O)O)C1. The van der Waals surface area contributed by atoms with Gasteiger partial charge in [0.25, 0.3) is 0 Å². The number of carboxylic acids is 1. The Morgan fingerprint density at radius 2 is 2.14 bits per heavy atom. The molecule has 0 spiro atoms. The summed E-state index contributed by atoms with van der Waals surface area (Å²) in [6.45, 7) is 2.85. The van der Waals surface area contributed by atoms with E-state index in [1.165, 1.54) is 0 Å². The van der Waals surface area contributed by atoms with E-state index >= 15 is 0 Å². The molecule has 0 aliphatic carbocycles. The van der Waals surface area contributed by atoms with Crippen LogP contribution in [0.3, 0.4) is 0 Å². The molecule has 21 heavy (non-hydrogen) atoms. The van der Waals surface area contributed by atoms with E-state index in [0.717, 1.165) is 11.3 Å². The summed E-state index contributed by atoms with van der Waals surface area (Å²) in [5.74, 6) is -0.407. The van der Waals surface area contributed by atoms with Gasteiger partial charge in [-0.15, -0.1) is 0 Å². The van der Waals surface area contributed by atoms with Gasteiger partial charge in [0, 0.05) is 19.5 Å². The van der Waals surface area contributed by atoms with Crippen molar-refractivity contribution in [1.82, 2.24) is 4.90 Å². The second kappa shape index (κ2) is 6.61. The molecule has 5 nitrogen and oxygen atoms in total. The number of para-hydroxylation sites is 1. The lowest BCUT2D eigenvalue weighted by molar-refractivity contribution is -0.141. The van der Waals surface area contributed by atoms with Gasteiger partial charge in [-0.3, -0.25) is 9.59 Å². The number of nitrogens with zero attached hydrogens (tertiary/aromatic N) is 1. The lowest BCUT2D eigenvalue weighted by Gasteiger charge is -2.20. The van der Waals surface area contributed by atoms with Crippen molar-refractivity contribution >= 4 is 11.9 Å². The van der Waals surface area contributed by atoms with Crippen LogP contribution >= 0.6 is 0 Å². The number of carbonyl (C=O) groups excluding carboxylic acids is 1. The summed E-state index contributed by atoms with van der Waals surface area (Å²) >= 11 is 0. The Balaban J connectivity index is 1.98. The predicted molar refractivity (Wildman–Crippen MR) is 78.3 cm³/mol. The number of aliphatic carboxylic acids is 1. The van der Waals surface area contributed by atoms with E-state index in [1.54, 1.807) is 12.0 Å². The Labute approximate surface area is 124 Å². The maximum absolute atomic E-state index is 12.3. The normalized spacial score (nSPS) is 19.3. The summed E-state index contributed by atoms with van der Waals surface area (Å²) in [4.78, 5) is 24.9.